The predicted octanol–water partition coefficient (Wildman–Crippen LogP) is 7.77. The van der Waals surface area contributed by atoms with Gasteiger partial charge in [-0.05, 0) is 79.2 Å². The third-order valence-corrected chi connectivity index (χ3v) is 11.4. The van der Waals surface area contributed by atoms with E-state index in [9.17, 15) is 0 Å². The second-order valence-electron chi connectivity index (χ2n) is 9.81. The lowest BCUT2D eigenvalue weighted by Crippen LogP contribution is -2.44. The lowest BCUT2D eigenvalue weighted by Gasteiger charge is -2.38. The Kier molecular flexibility index (Phi) is 6.75. The van der Waals surface area contributed by atoms with Gasteiger partial charge in [-0.25, -0.2) is 0 Å². The summed E-state index contributed by atoms with van der Waals surface area (Å²) in [7, 11) is -1.86. The van der Waals surface area contributed by atoms with Crippen LogP contribution in [0.15, 0.2) is 36.4 Å². The standard InChI is InChI=1S/C27H38OSi/c1-11-22-14-15-23(18-20(22)4)27(12-2,13-3)24-16-17-25(21(5)19-24)28-29(9,10)26(6,7)8/h1,14-19H,12-13H2,2-10H3. The summed E-state index contributed by atoms with van der Waals surface area (Å²) in [6, 6.07) is 13.4. The summed E-state index contributed by atoms with van der Waals surface area (Å²) in [5.41, 5.74) is 6.05. The molecule has 2 rings (SSSR count). The van der Waals surface area contributed by atoms with E-state index in [0.29, 0.717) is 0 Å². The molecule has 0 fully saturated rings. The Morgan fingerprint density at radius 1 is 0.897 bits per heavy atom. The van der Waals surface area contributed by atoms with E-state index in [0.717, 1.165) is 24.2 Å². The Hall–Kier alpha value is -1.98. The molecule has 0 aliphatic carbocycles. The maximum absolute atomic E-state index is 6.60. The van der Waals surface area contributed by atoms with Gasteiger partial charge in [-0.1, -0.05) is 64.8 Å². The highest BCUT2D eigenvalue weighted by Gasteiger charge is 2.39. The van der Waals surface area contributed by atoms with Crippen LogP contribution in [0.4, 0.5) is 0 Å². The first kappa shape index (κ1) is 23.3. The van der Waals surface area contributed by atoms with Gasteiger partial charge in [-0.15, -0.1) is 6.42 Å². The third-order valence-electron chi connectivity index (χ3n) is 7.04. The van der Waals surface area contributed by atoms with Crippen molar-refractivity contribution in [3.8, 4) is 18.1 Å². The molecule has 0 atom stereocenters. The highest BCUT2D eigenvalue weighted by atomic mass is 28.4. The van der Waals surface area contributed by atoms with Gasteiger partial charge in [0.05, 0.1) is 0 Å². The van der Waals surface area contributed by atoms with Crippen LogP contribution in [0.25, 0.3) is 0 Å². The molecule has 0 heterocycles. The molecule has 1 nitrogen and oxygen atoms in total. The maximum atomic E-state index is 6.60. The van der Waals surface area contributed by atoms with Crippen LogP contribution in [-0.4, -0.2) is 8.32 Å². The van der Waals surface area contributed by atoms with E-state index in [-0.39, 0.29) is 10.5 Å². The van der Waals surface area contributed by atoms with Crippen LogP contribution < -0.4 is 4.43 Å². The molecule has 0 bridgehead atoms. The molecule has 156 valence electrons. The van der Waals surface area contributed by atoms with Crippen LogP contribution in [-0.2, 0) is 5.41 Å². The van der Waals surface area contributed by atoms with Gasteiger partial charge in [0.2, 0.25) is 8.32 Å². The van der Waals surface area contributed by atoms with Gasteiger partial charge in [-0.2, -0.15) is 0 Å². The Labute approximate surface area is 180 Å². The van der Waals surface area contributed by atoms with E-state index in [1.54, 1.807) is 0 Å². The minimum absolute atomic E-state index is 0.0157. The molecular formula is C27H38OSi. The Bertz CT molecular complexity index is 905. The van der Waals surface area contributed by atoms with Crippen molar-refractivity contribution in [1.82, 2.24) is 0 Å². The molecule has 29 heavy (non-hydrogen) atoms. The van der Waals surface area contributed by atoms with Crippen molar-refractivity contribution in [3.05, 3.63) is 64.2 Å². The van der Waals surface area contributed by atoms with E-state index in [2.05, 4.69) is 104 Å². The van der Waals surface area contributed by atoms with Crippen molar-refractivity contribution in [2.45, 2.75) is 84.9 Å². The van der Waals surface area contributed by atoms with Gasteiger partial charge in [0.25, 0.3) is 0 Å². The van der Waals surface area contributed by atoms with Crippen LogP contribution >= 0.6 is 0 Å². The minimum Gasteiger partial charge on any atom is -0.543 e. The van der Waals surface area contributed by atoms with Crippen LogP contribution in [0.1, 0.15) is 75.3 Å². The molecule has 2 aromatic carbocycles. The SMILES string of the molecule is C#Cc1ccc(C(CC)(CC)c2ccc(O[Si](C)(C)C(C)(C)C)c(C)c2)cc1C. The molecule has 0 N–H and O–H groups in total. The molecule has 0 saturated heterocycles. The first-order valence-corrected chi connectivity index (χ1v) is 13.7. The molecule has 0 amide bonds. The van der Waals surface area contributed by atoms with Gasteiger partial charge in [0.1, 0.15) is 5.75 Å². The fraction of sp³-hybridized carbons (Fsp3) is 0.481. The molecule has 0 unspecified atom stereocenters. The second kappa shape index (κ2) is 8.40. The number of benzene rings is 2. The first-order valence-electron chi connectivity index (χ1n) is 10.8. The quantitative estimate of drug-likeness (QED) is 0.351. The number of rotatable bonds is 6. The van der Waals surface area contributed by atoms with E-state index in [4.69, 9.17) is 10.8 Å². The maximum Gasteiger partial charge on any atom is 0.250 e. The molecule has 0 saturated carbocycles. The summed E-state index contributed by atoms with van der Waals surface area (Å²) in [6.07, 6.45) is 7.73. The smallest absolute Gasteiger partial charge is 0.250 e. The van der Waals surface area contributed by atoms with Crippen LogP contribution in [0.5, 0.6) is 5.75 Å². The van der Waals surface area contributed by atoms with E-state index in [1.165, 1.54) is 22.3 Å². The summed E-state index contributed by atoms with van der Waals surface area (Å²) in [5.74, 6) is 3.82. The van der Waals surface area contributed by atoms with Crippen molar-refractivity contribution in [2.24, 2.45) is 0 Å². The van der Waals surface area contributed by atoms with Crippen LogP contribution in [0.3, 0.4) is 0 Å². The fourth-order valence-corrected chi connectivity index (χ4v) is 4.93. The molecule has 2 heteroatoms. The van der Waals surface area contributed by atoms with E-state index in [1.807, 2.05) is 0 Å². The third kappa shape index (κ3) is 4.46. The van der Waals surface area contributed by atoms with E-state index < -0.39 is 8.32 Å². The number of terminal acetylenes is 1. The number of aryl methyl sites for hydroxylation is 2. The summed E-state index contributed by atoms with van der Waals surface area (Å²) in [6.45, 7) is 20.3. The van der Waals surface area contributed by atoms with Crippen molar-refractivity contribution < 1.29 is 4.43 Å². The Balaban J connectivity index is 2.52. The Morgan fingerprint density at radius 2 is 1.41 bits per heavy atom. The molecular weight excluding hydrogens is 368 g/mol. The van der Waals surface area contributed by atoms with Crippen LogP contribution in [0.2, 0.25) is 18.1 Å². The zero-order chi connectivity index (χ0) is 22.0. The summed E-state index contributed by atoms with van der Waals surface area (Å²) >= 11 is 0. The lowest BCUT2D eigenvalue weighted by atomic mass is 9.70. The van der Waals surface area contributed by atoms with Gasteiger partial charge in [-0.3, -0.25) is 0 Å². The van der Waals surface area contributed by atoms with Crippen molar-refractivity contribution in [1.29, 1.82) is 0 Å². The minimum atomic E-state index is -1.86. The fourth-order valence-electron chi connectivity index (χ4n) is 3.85. The largest absolute Gasteiger partial charge is 0.543 e. The van der Waals surface area contributed by atoms with E-state index >= 15 is 0 Å². The average molecular weight is 407 g/mol. The van der Waals surface area contributed by atoms with Crippen molar-refractivity contribution in [2.75, 3.05) is 0 Å². The molecule has 0 aromatic heterocycles. The normalized spacial score (nSPS) is 12.6. The number of hydrogen-bond donors (Lipinski definition) is 0. The first-order chi connectivity index (χ1) is 13.4. The zero-order valence-electron chi connectivity index (χ0n) is 19.9. The summed E-state index contributed by atoms with van der Waals surface area (Å²) < 4.78 is 6.60. The van der Waals surface area contributed by atoms with Gasteiger partial charge in [0.15, 0.2) is 0 Å². The summed E-state index contributed by atoms with van der Waals surface area (Å²) in [5, 5.41) is 0.186. The number of hydrogen-bond acceptors (Lipinski definition) is 1. The average Bonchev–Trinajstić information content (AvgIpc) is 2.64. The zero-order valence-corrected chi connectivity index (χ0v) is 20.9. The second-order valence-corrected chi connectivity index (χ2v) is 14.5. The highest BCUT2D eigenvalue weighted by Crippen LogP contribution is 2.42. The van der Waals surface area contributed by atoms with Gasteiger partial charge in [0, 0.05) is 11.0 Å². The van der Waals surface area contributed by atoms with Crippen LogP contribution in [0, 0.1) is 26.2 Å². The lowest BCUT2D eigenvalue weighted by molar-refractivity contribution is 0.471. The highest BCUT2D eigenvalue weighted by molar-refractivity contribution is 6.74. The van der Waals surface area contributed by atoms with Crippen molar-refractivity contribution >= 4 is 8.32 Å². The Morgan fingerprint density at radius 3 is 1.83 bits per heavy atom. The van der Waals surface area contributed by atoms with Gasteiger partial charge < -0.3 is 4.43 Å². The van der Waals surface area contributed by atoms with Gasteiger partial charge >= 0.3 is 0 Å². The molecule has 2 aromatic rings. The molecule has 0 radical (unpaired) electrons. The molecule has 0 aliphatic heterocycles. The topological polar surface area (TPSA) is 9.23 Å². The monoisotopic (exact) mass is 406 g/mol. The summed E-state index contributed by atoms with van der Waals surface area (Å²) in [4.78, 5) is 0. The predicted molar refractivity (Wildman–Crippen MR) is 129 cm³/mol. The van der Waals surface area contributed by atoms with Crippen molar-refractivity contribution in [3.63, 3.8) is 0 Å². The molecule has 0 spiro atoms. The molecule has 0 aliphatic rings.